The molecule has 0 bridgehead atoms. The topological polar surface area (TPSA) is 82.3 Å². The molecule has 8 nitrogen and oxygen atoms in total. The number of carbonyl (C=O) groups excluding carboxylic acids is 1. The van der Waals surface area contributed by atoms with E-state index in [4.69, 9.17) is 14.1 Å². The molecule has 0 atom stereocenters. The van der Waals surface area contributed by atoms with Crippen LogP contribution in [0.15, 0.2) is 27.8 Å². The molecule has 2 N–H and O–H groups in total. The van der Waals surface area contributed by atoms with Gasteiger partial charge in [0.05, 0.1) is 26.0 Å². The monoisotopic (exact) mass is 419 g/mol. The van der Waals surface area contributed by atoms with Crippen molar-refractivity contribution in [1.82, 2.24) is 20.4 Å². The summed E-state index contributed by atoms with van der Waals surface area (Å²) in [7, 11) is 0. The fraction of sp³-hybridized carbons (Fsp3) is 0.727. The van der Waals surface area contributed by atoms with Crippen molar-refractivity contribution in [2.45, 2.75) is 39.2 Å². The van der Waals surface area contributed by atoms with Gasteiger partial charge < -0.3 is 24.7 Å². The molecule has 2 aliphatic rings. The van der Waals surface area contributed by atoms with Crippen LogP contribution in [0.2, 0.25) is 0 Å². The lowest BCUT2D eigenvalue weighted by Crippen LogP contribution is -2.50. The molecule has 8 heteroatoms. The van der Waals surface area contributed by atoms with E-state index in [9.17, 15) is 4.79 Å². The van der Waals surface area contributed by atoms with Gasteiger partial charge in [0.15, 0.2) is 5.96 Å². The summed E-state index contributed by atoms with van der Waals surface area (Å²) in [6.45, 7) is 11.6. The molecule has 0 unspecified atom stereocenters. The van der Waals surface area contributed by atoms with Gasteiger partial charge >= 0.3 is 0 Å². The molecule has 2 saturated heterocycles. The van der Waals surface area contributed by atoms with Gasteiger partial charge in [-0.2, -0.15) is 0 Å². The summed E-state index contributed by atoms with van der Waals surface area (Å²) in [4.78, 5) is 21.4. The number of guanidine groups is 1. The molecular formula is C22H37N5O3. The molecule has 1 amide bonds. The van der Waals surface area contributed by atoms with E-state index in [2.05, 4.69) is 15.5 Å². The lowest BCUT2D eigenvalue weighted by molar-refractivity contribution is -0.135. The fourth-order valence-electron chi connectivity index (χ4n) is 3.84. The Balaban J connectivity index is 1.48. The molecule has 2 fully saturated rings. The Labute approximate surface area is 180 Å². The molecule has 30 heavy (non-hydrogen) atoms. The molecule has 0 aromatic carbocycles. The normalized spacial score (nSPS) is 19.3. The van der Waals surface area contributed by atoms with Crippen molar-refractivity contribution in [2.24, 2.45) is 10.9 Å². The summed E-state index contributed by atoms with van der Waals surface area (Å²) in [5, 5.41) is 7.04. The largest absolute Gasteiger partial charge is 0.469 e. The first-order valence-electron chi connectivity index (χ1n) is 11.3. The van der Waals surface area contributed by atoms with E-state index < -0.39 is 0 Å². The standard InChI is InChI=1S/C22H37N5O3/c1-18(2)21(28)27-10-6-19(7-11-27)25-22(23-8-5-20-4-3-15-30-20)24-9-12-26-13-16-29-17-14-26/h3-4,15,18-19H,5-14,16-17H2,1-2H3,(H2,23,24,25). The first-order chi connectivity index (χ1) is 14.6. The van der Waals surface area contributed by atoms with Crippen molar-refractivity contribution < 1.29 is 13.9 Å². The van der Waals surface area contributed by atoms with Crippen LogP contribution in [0.4, 0.5) is 0 Å². The quantitative estimate of drug-likeness (QED) is 0.489. The molecule has 3 heterocycles. The van der Waals surface area contributed by atoms with Crippen molar-refractivity contribution in [3.63, 3.8) is 0 Å². The van der Waals surface area contributed by atoms with E-state index in [1.807, 2.05) is 30.9 Å². The van der Waals surface area contributed by atoms with E-state index in [0.29, 0.717) is 6.04 Å². The van der Waals surface area contributed by atoms with Crippen LogP contribution >= 0.6 is 0 Å². The number of rotatable bonds is 8. The predicted octanol–water partition coefficient (Wildman–Crippen LogP) is 1.34. The minimum absolute atomic E-state index is 0.0649. The van der Waals surface area contributed by atoms with Crippen molar-refractivity contribution in [1.29, 1.82) is 0 Å². The highest BCUT2D eigenvalue weighted by molar-refractivity contribution is 5.80. The van der Waals surface area contributed by atoms with Crippen LogP contribution in [0.25, 0.3) is 0 Å². The van der Waals surface area contributed by atoms with Crippen LogP contribution < -0.4 is 10.6 Å². The zero-order valence-electron chi connectivity index (χ0n) is 18.4. The minimum Gasteiger partial charge on any atom is -0.469 e. The van der Waals surface area contributed by atoms with Gasteiger partial charge in [-0.15, -0.1) is 0 Å². The Morgan fingerprint density at radius 1 is 1.23 bits per heavy atom. The maximum Gasteiger partial charge on any atom is 0.225 e. The Kier molecular flexibility index (Phi) is 9.01. The summed E-state index contributed by atoms with van der Waals surface area (Å²) in [5.74, 6) is 2.14. The second kappa shape index (κ2) is 12.0. The molecular weight excluding hydrogens is 382 g/mol. The molecule has 168 valence electrons. The van der Waals surface area contributed by atoms with Crippen molar-refractivity contribution in [3.05, 3.63) is 24.2 Å². The molecule has 1 aromatic rings. The van der Waals surface area contributed by atoms with Crippen molar-refractivity contribution in [2.75, 3.05) is 59.0 Å². The van der Waals surface area contributed by atoms with E-state index in [1.54, 1.807) is 6.26 Å². The lowest BCUT2D eigenvalue weighted by atomic mass is 10.0. The zero-order chi connectivity index (χ0) is 21.2. The van der Waals surface area contributed by atoms with Crippen molar-refractivity contribution in [3.8, 4) is 0 Å². The Morgan fingerprint density at radius 3 is 2.67 bits per heavy atom. The summed E-state index contributed by atoms with van der Waals surface area (Å²) < 4.78 is 10.8. The number of piperidine rings is 1. The van der Waals surface area contributed by atoms with E-state index in [0.717, 1.165) is 90.0 Å². The highest BCUT2D eigenvalue weighted by Gasteiger charge is 2.24. The first-order valence-corrected chi connectivity index (χ1v) is 11.3. The molecule has 2 aliphatic heterocycles. The van der Waals surface area contributed by atoms with Gasteiger partial charge in [-0.25, -0.2) is 0 Å². The number of aliphatic imine (C=N–C) groups is 1. The van der Waals surface area contributed by atoms with Gasteiger partial charge in [0, 0.05) is 57.6 Å². The number of nitrogens with one attached hydrogen (secondary N) is 2. The van der Waals surface area contributed by atoms with Gasteiger partial charge in [0.2, 0.25) is 5.91 Å². The maximum atomic E-state index is 12.2. The summed E-state index contributed by atoms with van der Waals surface area (Å²) >= 11 is 0. The van der Waals surface area contributed by atoms with Crippen molar-refractivity contribution >= 4 is 11.9 Å². The number of ether oxygens (including phenoxy) is 1. The summed E-state index contributed by atoms with van der Waals surface area (Å²) in [6.07, 6.45) is 4.41. The number of likely N-dealkylation sites (tertiary alicyclic amines) is 1. The molecule has 0 saturated carbocycles. The Bertz CT molecular complexity index is 648. The maximum absolute atomic E-state index is 12.2. The van der Waals surface area contributed by atoms with Gasteiger partial charge in [0.1, 0.15) is 5.76 Å². The van der Waals surface area contributed by atoms with E-state index in [-0.39, 0.29) is 11.8 Å². The fourth-order valence-corrected chi connectivity index (χ4v) is 3.84. The molecule has 3 rings (SSSR count). The number of morpholine rings is 1. The number of carbonyl (C=O) groups is 1. The highest BCUT2D eigenvalue weighted by atomic mass is 16.5. The van der Waals surface area contributed by atoms with Crippen LogP contribution in [0.5, 0.6) is 0 Å². The van der Waals surface area contributed by atoms with Crippen LogP contribution in [0.1, 0.15) is 32.4 Å². The molecule has 1 aromatic heterocycles. The van der Waals surface area contributed by atoms with Gasteiger partial charge in [-0.1, -0.05) is 13.8 Å². The van der Waals surface area contributed by atoms with E-state index in [1.165, 1.54) is 0 Å². The van der Waals surface area contributed by atoms with Crippen LogP contribution in [0.3, 0.4) is 0 Å². The minimum atomic E-state index is 0.0649. The second-order valence-electron chi connectivity index (χ2n) is 8.34. The number of hydrogen-bond acceptors (Lipinski definition) is 5. The van der Waals surface area contributed by atoms with E-state index >= 15 is 0 Å². The number of nitrogens with zero attached hydrogens (tertiary/aromatic N) is 3. The number of amides is 1. The summed E-state index contributed by atoms with van der Waals surface area (Å²) in [6, 6.07) is 4.24. The third-order valence-electron chi connectivity index (χ3n) is 5.68. The Hall–Kier alpha value is -2.06. The molecule has 0 spiro atoms. The number of hydrogen-bond donors (Lipinski definition) is 2. The average molecular weight is 420 g/mol. The third kappa shape index (κ3) is 7.32. The SMILES string of the molecule is CC(C)C(=O)N1CCC(NC(=NCCN2CCOCC2)NCCc2ccco2)CC1. The highest BCUT2D eigenvalue weighted by Crippen LogP contribution is 2.13. The lowest BCUT2D eigenvalue weighted by Gasteiger charge is -2.34. The smallest absolute Gasteiger partial charge is 0.225 e. The molecule has 0 aliphatic carbocycles. The summed E-state index contributed by atoms with van der Waals surface area (Å²) in [5.41, 5.74) is 0. The molecule has 0 radical (unpaired) electrons. The average Bonchev–Trinajstić information content (AvgIpc) is 3.28. The Morgan fingerprint density at radius 2 is 2.00 bits per heavy atom. The van der Waals surface area contributed by atoms with Gasteiger partial charge in [0.25, 0.3) is 0 Å². The van der Waals surface area contributed by atoms with Gasteiger partial charge in [-0.3, -0.25) is 14.7 Å². The number of furan rings is 1. The second-order valence-corrected chi connectivity index (χ2v) is 8.34. The third-order valence-corrected chi connectivity index (χ3v) is 5.68. The predicted molar refractivity (Wildman–Crippen MR) is 118 cm³/mol. The zero-order valence-corrected chi connectivity index (χ0v) is 18.4. The van der Waals surface area contributed by atoms with Crippen LogP contribution in [0, 0.1) is 5.92 Å². The first kappa shape index (κ1) is 22.6. The van der Waals surface area contributed by atoms with Gasteiger partial charge in [-0.05, 0) is 25.0 Å². The van der Waals surface area contributed by atoms with Crippen LogP contribution in [-0.2, 0) is 16.0 Å². The van der Waals surface area contributed by atoms with Crippen LogP contribution in [-0.4, -0.2) is 86.7 Å².